The Balaban J connectivity index is 1.74. The van der Waals surface area contributed by atoms with Gasteiger partial charge in [-0.3, -0.25) is 9.59 Å². The van der Waals surface area contributed by atoms with Gasteiger partial charge in [-0.15, -0.1) is 6.58 Å². The van der Waals surface area contributed by atoms with Crippen molar-refractivity contribution in [1.82, 2.24) is 0 Å². The largest absolute Gasteiger partial charge is 0.477 e. The molecule has 0 aliphatic carbocycles. The van der Waals surface area contributed by atoms with Gasteiger partial charge in [-0.1, -0.05) is 66.7 Å². The summed E-state index contributed by atoms with van der Waals surface area (Å²) in [5, 5.41) is 3.40. The second-order valence-corrected chi connectivity index (χ2v) is 7.38. The number of rotatable bonds is 4. The topological polar surface area (TPSA) is 58.6 Å². The van der Waals surface area contributed by atoms with E-state index in [0.29, 0.717) is 23.5 Å². The number of amides is 1. The van der Waals surface area contributed by atoms with Crippen molar-refractivity contribution in [2.24, 2.45) is 0 Å². The second kappa shape index (κ2) is 6.88. The molecule has 0 bridgehead atoms. The van der Waals surface area contributed by atoms with E-state index >= 15 is 0 Å². The second-order valence-electron chi connectivity index (χ2n) is 7.38. The van der Waals surface area contributed by atoms with Crippen molar-refractivity contribution >= 4 is 23.1 Å². The lowest BCUT2D eigenvalue weighted by Gasteiger charge is -2.41. The normalized spacial score (nSPS) is 21.4. The fourth-order valence-electron chi connectivity index (χ4n) is 4.33. The zero-order chi connectivity index (χ0) is 20.7. The van der Waals surface area contributed by atoms with Crippen LogP contribution in [0.2, 0.25) is 0 Å². The molecule has 5 nitrogen and oxygen atoms in total. The van der Waals surface area contributed by atoms with Crippen molar-refractivity contribution < 1.29 is 14.3 Å². The molecule has 0 aromatic heterocycles. The number of ether oxygens (including phenoxy) is 1. The number of carbonyl (C=O) groups excluding carboxylic acids is 2. The minimum atomic E-state index is -1.36. The number of anilines is 2. The third kappa shape index (κ3) is 2.48. The SMILES string of the molecule is C=CCN1C(=O)[C@]2(Nc3ccccc3O[C@@H]2C(=O)c2ccccc2)c2ccccc21. The number of fused-ring (bicyclic) bond motifs is 3. The van der Waals surface area contributed by atoms with Gasteiger partial charge in [-0.05, 0) is 18.2 Å². The smallest absolute Gasteiger partial charge is 0.262 e. The van der Waals surface area contributed by atoms with E-state index in [4.69, 9.17) is 4.74 Å². The molecule has 148 valence electrons. The summed E-state index contributed by atoms with van der Waals surface area (Å²) in [5.41, 5.74) is 1.29. The highest BCUT2D eigenvalue weighted by Gasteiger charge is 2.61. The van der Waals surface area contributed by atoms with Crippen LogP contribution in [0.4, 0.5) is 11.4 Å². The first-order valence-electron chi connectivity index (χ1n) is 9.82. The third-order valence-electron chi connectivity index (χ3n) is 5.67. The highest BCUT2D eigenvalue weighted by molar-refractivity contribution is 6.16. The minimum Gasteiger partial charge on any atom is -0.477 e. The summed E-state index contributed by atoms with van der Waals surface area (Å²) in [7, 11) is 0. The van der Waals surface area contributed by atoms with Gasteiger partial charge in [0.2, 0.25) is 5.78 Å². The molecule has 5 heteroatoms. The Morgan fingerprint density at radius 1 is 1.03 bits per heavy atom. The molecule has 2 heterocycles. The fourth-order valence-corrected chi connectivity index (χ4v) is 4.33. The van der Waals surface area contributed by atoms with Crippen LogP contribution in [0.15, 0.2) is 91.5 Å². The Hall–Kier alpha value is -3.86. The van der Waals surface area contributed by atoms with E-state index in [1.165, 1.54) is 0 Å². The fraction of sp³-hybridized carbons (Fsp3) is 0.120. The summed E-state index contributed by atoms with van der Waals surface area (Å²) in [6.07, 6.45) is 0.623. The molecule has 0 unspecified atom stereocenters. The Labute approximate surface area is 174 Å². The molecule has 1 amide bonds. The van der Waals surface area contributed by atoms with Crippen LogP contribution in [0.5, 0.6) is 5.75 Å². The number of carbonyl (C=O) groups is 2. The van der Waals surface area contributed by atoms with Gasteiger partial charge in [0.05, 0.1) is 11.4 Å². The predicted molar refractivity (Wildman–Crippen MR) is 116 cm³/mol. The Bertz CT molecular complexity index is 1160. The van der Waals surface area contributed by atoms with Gasteiger partial charge in [-0.25, -0.2) is 0 Å². The maximum Gasteiger partial charge on any atom is 0.262 e. The number of benzene rings is 3. The van der Waals surface area contributed by atoms with Crippen molar-refractivity contribution in [3.05, 3.63) is 103 Å². The summed E-state index contributed by atoms with van der Waals surface area (Å²) < 4.78 is 6.25. The van der Waals surface area contributed by atoms with Gasteiger partial charge in [0.25, 0.3) is 5.91 Å². The lowest BCUT2D eigenvalue weighted by molar-refractivity contribution is -0.124. The molecular weight excluding hydrogens is 376 g/mol. The molecule has 2 aliphatic rings. The molecule has 1 N–H and O–H groups in total. The predicted octanol–water partition coefficient (Wildman–Crippen LogP) is 4.17. The molecule has 2 aliphatic heterocycles. The summed E-state index contributed by atoms with van der Waals surface area (Å²) >= 11 is 0. The Morgan fingerprint density at radius 2 is 1.73 bits per heavy atom. The highest BCUT2D eigenvalue weighted by atomic mass is 16.5. The summed E-state index contributed by atoms with van der Waals surface area (Å²) in [6.45, 7) is 4.13. The quantitative estimate of drug-likeness (QED) is 0.531. The maximum absolute atomic E-state index is 13.9. The van der Waals surface area contributed by atoms with Crippen LogP contribution >= 0.6 is 0 Å². The number of para-hydroxylation sites is 3. The van der Waals surface area contributed by atoms with E-state index in [1.807, 2.05) is 48.5 Å². The number of nitrogens with one attached hydrogen (secondary N) is 1. The van der Waals surface area contributed by atoms with Crippen molar-refractivity contribution in [2.45, 2.75) is 11.6 Å². The zero-order valence-corrected chi connectivity index (χ0v) is 16.2. The zero-order valence-electron chi connectivity index (χ0n) is 16.2. The van der Waals surface area contributed by atoms with Gasteiger partial charge in [-0.2, -0.15) is 0 Å². The number of ketones is 1. The average Bonchev–Trinajstić information content (AvgIpc) is 3.02. The first kappa shape index (κ1) is 18.2. The van der Waals surface area contributed by atoms with E-state index in [-0.39, 0.29) is 11.7 Å². The first-order valence-corrected chi connectivity index (χ1v) is 9.82. The molecule has 5 rings (SSSR count). The molecule has 0 saturated carbocycles. The number of nitrogens with zero attached hydrogens (tertiary/aromatic N) is 1. The molecule has 3 aromatic carbocycles. The van der Waals surface area contributed by atoms with E-state index in [9.17, 15) is 9.59 Å². The molecule has 30 heavy (non-hydrogen) atoms. The molecule has 0 radical (unpaired) electrons. The molecule has 1 spiro atoms. The third-order valence-corrected chi connectivity index (χ3v) is 5.67. The lowest BCUT2D eigenvalue weighted by Crippen LogP contribution is -2.61. The van der Waals surface area contributed by atoms with Crippen LogP contribution in [0.25, 0.3) is 0 Å². The van der Waals surface area contributed by atoms with Crippen molar-refractivity contribution in [3.8, 4) is 5.75 Å². The van der Waals surface area contributed by atoms with Gasteiger partial charge >= 0.3 is 0 Å². The van der Waals surface area contributed by atoms with Gasteiger partial charge < -0.3 is 15.0 Å². The van der Waals surface area contributed by atoms with E-state index < -0.39 is 11.6 Å². The number of Topliss-reactive ketones (excluding diaryl/α,β-unsaturated/α-hetero) is 1. The molecular formula is C25H20N2O3. The van der Waals surface area contributed by atoms with E-state index in [2.05, 4.69) is 11.9 Å². The number of hydrogen-bond acceptors (Lipinski definition) is 4. The Morgan fingerprint density at radius 3 is 2.53 bits per heavy atom. The van der Waals surface area contributed by atoms with Crippen LogP contribution < -0.4 is 15.0 Å². The van der Waals surface area contributed by atoms with Crippen LogP contribution in [-0.2, 0) is 10.3 Å². The van der Waals surface area contributed by atoms with Crippen molar-refractivity contribution in [2.75, 3.05) is 16.8 Å². The van der Waals surface area contributed by atoms with Crippen LogP contribution in [-0.4, -0.2) is 24.3 Å². The average molecular weight is 396 g/mol. The van der Waals surface area contributed by atoms with Crippen LogP contribution in [0.1, 0.15) is 15.9 Å². The highest BCUT2D eigenvalue weighted by Crippen LogP contribution is 2.50. The van der Waals surface area contributed by atoms with Gasteiger partial charge in [0, 0.05) is 17.7 Å². The molecule has 3 aromatic rings. The van der Waals surface area contributed by atoms with Crippen molar-refractivity contribution in [3.63, 3.8) is 0 Å². The maximum atomic E-state index is 13.9. The first-order chi connectivity index (χ1) is 14.7. The Kier molecular flexibility index (Phi) is 4.17. The van der Waals surface area contributed by atoms with Crippen LogP contribution in [0, 0.1) is 0 Å². The van der Waals surface area contributed by atoms with E-state index in [1.54, 1.807) is 41.3 Å². The summed E-state index contributed by atoms with van der Waals surface area (Å²) in [4.78, 5) is 29.2. The lowest BCUT2D eigenvalue weighted by atomic mass is 9.80. The molecule has 0 saturated heterocycles. The molecule has 2 atom stereocenters. The monoisotopic (exact) mass is 396 g/mol. The molecule has 0 fully saturated rings. The van der Waals surface area contributed by atoms with Gasteiger partial charge in [0.1, 0.15) is 5.75 Å². The summed E-state index contributed by atoms with van der Waals surface area (Å²) in [5.74, 6) is 0.0680. The van der Waals surface area contributed by atoms with Crippen LogP contribution in [0.3, 0.4) is 0 Å². The van der Waals surface area contributed by atoms with Gasteiger partial charge in [0.15, 0.2) is 11.6 Å². The van der Waals surface area contributed by atoms with E-state index in [0.717, 1.165) is 11.3 Å². The minimum absolute atomic E-state index is 0.229. The van der Waals surface area contributed by atoms with Crippen molar-refractivity contribution in [1.29, 1.82) is 0 Å². The summed E-state index contributed by atoms with van der Waals surface area (Å²) in [6, 6.07) is 23.8. The standard InChI is InChI=1S/C25H20N2O3/c1-2-16-27-20-14-8-6-12-18(20)25(24(27)29)23(22(28)17-10-4-3-5-11-17)30-21-15-9-7-13-19(21)26-25/h2-15,23,26H,1,16H2/t23-,25+/m1/s1. The number of hydrogen-bond donors (Lipinski definition) is 1.